The first-order valence-electron chi connectivity index (χ1n) is 10.3. The molecule has 1 aromatic carbocycles. The van der Waals surface area contributed by atoms with Gasteiger partial charge in [-0.15, -0.1) is 0 Å². The van der Waals surface area contributed by atoms with Crippen LogP contribution in [0, 0.1) is 11.3 Å². The zero-order chi connectivity index (χ0) is 22.7. The van der Waals surface area contributed by atoms with E-state index in [-0.39, 0.29) is 6.61 Å². The van der Waals surface area contributed by atoms with Crippen LogP contribution in [0.25, 0.3) is 11.2 Å². The molecule has 10 nitrogen and oxygen atoms in total. The van der Waals surface area contributed by atoms with Crippen molar-refractivity contribution in [2.45, 2.75) is 51.5 Å². The van der Waals surface area contributed by atoms with Gasteiger partial charge in [0.2, 0.25) is 0 Å². The zero-order valence-electron chi connectivity index (χ0n) is 18.5. The molecule has 1 fully saturated rings. The van der Waals surface area contributed by atoms with Crippen LogP contribution >= 0.6 is 0 Å². The highest BCUT2D eigenvalue weighted by molar-refractivity contribution is 5.82. The van der Waals surface area contributed by atoms with Crippen molar-refractivity contribution in [2.75, 3.05) is 19.0 Å². The van der Waals surface area contributed by atoms with Crippen molar-refractivity contribution >= 4 is 17.0 Å². The maximum atomic E-state index is 9.48. The number of nitrogens with one attached hydrogen (secondary N) is 1. The van der Waals surface area contributed by atoms with Crippen molar-refractivity contribution in [2.24, 2.45) is 0 Å². The van der Waals surface area contributed by atoms with Gasteiger partial charge < -0.3 is 24.3 Å². The van der Waals surface area contributed by atoms with Gasteiger partial charge in [0, 0.05) is 6.54 Å². The summed E-state index contributed by atoms with van der Waals surface area (Å²) in [5.41, 5.74) is 2.25. The third-order valence-corrected chi connectivity index (χ3v) is 5.15. The Morgan fingerprint density at radius 1 is 1.25 bits per heavy atom. The number of nitrogens with zero attached hydrogens (tertiary/aromatic N) is 5. The van der Waals surface area contributed by atoms with Gasteiger partial charge in [0.05, 0.1) is 26.1 Å². The number of rotatable bonds is 5. The van der Waals surface area contributed by atoms with E-state index >= 15 is 0 Å². The van der Waals surface area contributed by atoms with Crippen molar-refractivity contribution in [3.63, 3.8) is 0 Å². The summed E-state index contributed by atoms with van der Waals surface area (Å²) >= 11 is 0. The summed E-state index contributed by atoms with van der Waals surface area (Å²) in [5, 5.41) is 12.8. The Morgan fingerprint density at radius 3 is 2.75 bits per heavy atom. The lowest BCUT2D eigenvalue weighted by Gasteiger charge is -2.37. The molecule has 168 valence electrons. The highest BCUT2D eigenvalue weighted by atomic mass is 16.7. The number of ether oxygens (including phenoxy) is 4. The Labute approximate surface area is 186 Å². The molecule has 3 heterocycles. The van der Waals surface area contributed by atoms with E-state index in [0.29, 0.717) is 23.5 Å². The highest BCUT2D eigenvalue weighted by Crippen LogP contribution is 2.30. The van der Waals surface area contributed by atoms with Gasteiger partial charge in [-0.2, -0.15) is 5.26 Å². The molecule has 1 saturated heterocycles. The van der Waals surface area contributed by atoms with Crippen LogP contribution in [0.1, 0.15) is 32.6 Å². The summed E-state index contributed by atoms with van der Waals surface area (Å²) in [5.74, 6) is 0.550. The molecule has 0 bridgehead atoms. The first kappa shape index (κ1) is 22.0. The van der Waals surface area contributed by atoms with Gasteiger partial charge in [-0.1, -0.05) is 12.1 Å². The summed E-state index contributed by atoms with van der Waals surface area (Å²) in [7, 11) is 1.64. The van der Waals surface area contributed by atoms with Crippen molar-refractivity contribution in [1.82, 2.24) is 19.5 Å². The van der Waals surface area contributed by atoms with Crippen LogP contribution in [-0.4, -0.2) is 51.2 Å². The minimum Gasteiger partial charge on any atom is -0.497 e. The Kier molecular flexibility index (Phi) is 6.23. The first-order valence-corrected chi connectivity index (χ1v) is 10.3. The third-order valence-electron chi connectivity index (χ3n) is 5.15. The standard InChI is InChI=1S/C22H26N6O4/c1-14-21(31-17(9-23)11-30-22(2,3)32-14)28-13-27-18-19(25-12-26-20(18)28)24-10-15-5-7-16(29-4)8-6-15/h5-8,12-14,17,21H,10-11H2,1-4H3,(H,24,25,26)/t14-,17+,21+/m0/s1. The lowest BCUT2D eigenvalue weighted by Crippen LogP contribution is -2.43. The Morgan fingerprint density at radius 2 is 2.03 bits per heavy atom. The van der Waals surface area contributed by atoms with Crippen LogP contribution in [0.15, 0.2) is 36.9 Å². The fraction of sp³-hybridized carbons (Fsp3) is 0.455. The minimum atomic E-state index is -0.854. The molecular formula is C22H26N6O4. The molecular weight excluding hydrogens is 412 g/mol. The summed E-state index contributed by atoms with van der Waals surface area (Å²) in [6.07, 6.45) is 1.31. The number of fused-ring (bicyclic) bond motifs is 1. The smallest absolute Gasteiger partial charge is 0.169 e. The largest absolute Gasteiger partial charge is 0.497 e. The number of hydrogen-bond acceptors (Lipinski definition) is 9. The normalized spacial score (nSPS) is 23.2. The van der Waals surface area contributed by atoms with Crippen LogP contribution in [-0.2, 0) is 20.8 Å². The number of hydrogen-bond donors (Lipinski definition) is 1. The lowest BCUT2D eigenvalue weighted by atomic mass is 10.2. The number of imidazole rings is 1. The Balaban J connectivity index is 1.60. The van der Waals surface area contributed by atoms with Crippen LogP contribution < -0.4 is 10.1 Å². The summed E-state index contributed by atoms with van der Waals surface area (Å²) in [6.45, 7) is 6.16. The molecule has 3 aromatic rings. The SMILES string of the molecule is COc1ccc(CNc2ncnc3c2ncn3[C@@H]2O[C@H](C#N)COC(C)(C)O[C@H]2C)cc1. The molecule has 0 amide bonds. The summed E-state index contributed by atoms with van der Waals surface area (Å²) in [6, 6.07) is 9.92. The second-order valence-electron chi connectivity index (χ2n) is 7.93. The quantitative estimate of drug-likeness (QED) is 0.641. The molecule has 4 rings (SSSR count). The van der Waals surface area contributed by atoms with E-state index in [2.05, 4.69) is 26.3 Å². The topological polar surface area (TPSA) is 116 Å². The highest BCUT2D eigenvalue weighted by Gasteiger charge is 2.35. The number of nitriles is 1. The molecule has 1 aliphatic heterocycles. The van der Waals surface area contributed by atoms with Gasteiger partial charge in [-0.25, -0.2) is 15.0 Å². The summed E-state index contributed by atoms with van der Waals surface area (Å²) in [4.78, 5) is 13.3. The number of methoxy groups -OCH3 is 1. The van der Waals surface area contributed by atoms with Gasteiger partial charge in [0.25, 0.3) is 0 Å². The van der Waals surface area contributed by atoms with Crippen molar-refractivity contribution < 1.29 is 18.9 Å². The molecule has 1 aliphatic rings. The molecule has 2 aromatic heterocycles. The predicted molar refractivity (Wildman–Crippen MR) is 116 cm³/mol. The van der Waals surface area contributed by atoms with E-state index in [0.717, 1.165) is 11.3 Å². The van der Waals surface area contributed by atoms with Gasteiger partial charge >= 0.3 is 0 Å². The molecule has 0 aliphatic carbocycles. The van der Waals surface area contributed by atoms with Crippen LogP contribution in [0.2, 0.25) is 0 Å². The molecule has 0 spiro atoms. The van der Waals surface area contributed by atoms with Gasteiger partial charge in [-0.3, -0.25) is 4.57 Å². The zero-order valence-corrected chi connectivity index (χ0v) is 18.5. The number of anilines is 1. The van der Waals surface area contributed by atoms with E-state index in [1.54, 1.807) is 18.0 Å². The average molecular weight is 438 g/mol. The van der Waals surface area contributed by atoms with E-state index in [1.807, 2.05) is 45.0 Å². The lowest BCUT2D eigenvalue weighted by molar-refractivity contribution is -0.294. The number of aromatic nitrogens is 4. The van der Waals surface area contributed by atoms with Crippen LogP contribution in [0.5, 0.6) is 5.75 Å². The predicted octanol–water partition coefficient (Wildman–Crippen LogP) is 3.03. The van der Waals surface area contributed by atoms with Crippen LogP contribution in [0.4, 0.5) is 5.82 Å². The molecule has 0 saturated carbocycles. The minimum absolute atomic E-state index is 0.100. The molecule has 1 N–H and O–H groups in total. The molecule has 10 heteroatoms. The van der Waals surface area contributed by atoms with Crippen molar-refractivity contribution in [3.05, 3.63) is 42.5 Å². The second-order valence-corrected chi connectivity index (χ2v) is 7.93. The third kappa shape index (κ3) is 4.65. The Bertz CT molecular complexity index is 1110. The second kappa shape index (κ2) is 9.08. The monoisotopic (exact) mass is 438 g/mol. The average Bonchev–Trinajstić information content (AvgIpc) is 3.21. The van der Waals surface area contributed by atoms with E-state index in [1.165, 1.54) is 6.33 Å². The maximum Gasteiger partial charge on any atom is 0.169 e. The van der Waals surface area contributed by atoms with E-state index in [9.17, 15) is 5.26 Å². The van der Waals surface area contributed by atoms with Gasteiger partial charge in [0.15, 0.2) is 35.1 Å². The fourth-order valence-electron chi connectivity index (χ4n) is 3.59. The fourth-order valence-corrected chi connectivity index (χ4v) is 3.59. The Hall–Kier alpha value is -3.26. The van der Waals surface area contributed by atoms with Crippen molar-refractivity contribution in [3.8, 4) is 11.8 Å². The molecule has 0 unspecified atom stereocenters. The van der Waals surface area contributed by atoms with Gasteiger partial charge in [-0.05, 0) is 38.5 Å². The van der Waals surface area contributed by atoms with E-state index < -0.39 is 24.2 Å². The van der Waals surface area contributed by atoms with Gasteiger partial charge in [0.1, 0.15) is 18.2 Å². The van der Waals surface area contributed by atoms with E-state index in [4.69, 9.17) is 18.9 Å². The summed E-state index contributed by atoms with van der Waals surface area (Å²) < 4.78 is 24.7. The molecule has 0 radical (unpaired) electrons. The molecule has 3 atom stereocenters. The van der Waals surface area contributed by atoms with Crippen LogP contribution in [0.3, 0.4) is 0 Å². The first-order chi connectivity index (χ1) is 15.4. The number of benzene rings is 1. The molecule has 32 heavy (non-hydrogen) atoms. The van der Waals surface area contributed by atoms with Crippen molar-refractivity contribution in [1.29, 1.82) is 5.26 Å². The maximum absolute atomic E-state index is 9.48.